The zero-order chi connectivity index (χ0) is 12.3. The fourth-order valence-corrected chi connectivity index (χ4v) is 4.13. The molecule has 0 heterocycles. The molecule has 0 radical (unpaired) electrons. The number of halogens is 1. The Balaban J connectivity index is 1.91. The van der Waals surface area contributed by atoms with E-state index in [-0.39, 0.29) is 0 Å². The number of hydrogen-bond donors (Lipinski definition) is 1. The van der Waals surface area contributed by atoms with Crippen LogP contribution in [-0.2, 0) is 5.75 Å². The van der Waals surface area contributed by atoms with Crippen LogP contribution < -0.4 is 5.73 Å². The van der Waals surface area contributed by atoms with Gasteiger partial charge in [0.25, 0.3) is 0 Å². The quantitative estimate of drug-likeness (QED) is 0.894. The predicted octanol–water partition coefficient (Wildman–Crippen LogP) is 4.09. The molecule has 0 aromatic heterocycles. The van der Waals surface area contributed by atoms with Crippen LogP contribution in [0.2, 0.25) is 5.02 Å². The molecule has 1 nitrogen and oxygen atoms in total. The number of hydrogen-bond acceptors (Lipinski definition) is 2. The van der Waals surface area contributed by atoms with Crippen LogP contribution in [0.15, 0.2) is 24.3 Å². The lowest BCUT2D eigenvalue weighted by molar-refractivity contribution is 0.357. The van der Waals surface area contributed by atoms with Gasteiger partial charge in [-0.25, -0.2) is 0 Å². The first-order valence-electron chi connectivity index (χ1n) is 6.27. The Morgan fingerprint density at radius 3 is 2.88 bits per heavy atom. The largest absolute Gasteiger partial charge is 0.327 e. The summed E-state index contributed by atoms with van der Waals surface area (Å²) < 4.78 is 0. The Morgan fingerprint density at radius 2 is 2.12 bits per heavy atom. The zero-order valence-corrected chi connectivity index (χ0v) is 11.8. The van der Waals surface area contributed by atoms with Crippen LogP contribution >= 0.6 is 23.4 Å². The minimum atomic E-state index is 0.360. The molecule has 0 spiro atoms. The summed E-state index contributed by atoms with van der Waals surface area (Å²) in [5.41, 5.74) is 7.42. The monoisotopic (exact) mass is 269 g/mol. The first-order valence-corrected chi connectivity index (χ1v) is 7.70. The average molecular weight is 270 g/mol. The summed E-state index contributed by atoms with van der Waals surface area (Å²) >= 11 is 8.13. The smallest absolute Gasteiger partial charge is 0.0446 e. The molecule has 1 aliphatic carbocycles. The summed E-state index contributed by atoms with van der Waals surface area (Å²) in [5, 5.41) is 1.47. The van der Waals surface area contributed by atoms with Gasteiger partial charge in [0.15, 0.2) is 0 Å². The highest BCUT2D eigenvalue weighted by Gasteiger charge is 2.26. The normalized spacial score (nSPS) is 29.2. The number of nitrogens with two attached hydrogens (primary N) is 1. The summed E-state index contributed by atoms with van der Waals surface area (Å²) in [6, 6.07) is 8.45. The second kappa shape index (κ2) is 6.12. The van der Waals surface area contributed by atoms with Crippen LogP contribution in [0.25, 0.3) is 0 Å². The van der Waals surface area contributed by atoms with Crippen molar-refractivity contribution in [1.82, 2.24) is 0 Å². The minimum absolute atomic E-state index is 0.360. The molecule has 1 fully saturated rings. The van der Waals surface area contributed by atoms with Crippen molar-refractivity contribution < 1.29 is 0 Å². The summed E-state index contributed by atoms with van der Waals surface area (Å²) in [6.45, 7) is 2.33. The van der Waals surface area contributed by atoms with E-state index >= 15 is 0 Å². The van der Waals surface area contributed by atoms with E-state index in [0.717, 1.165) is 16.7 Å². The molecule has 3 atom stereocenters. The van der Waals surface area contributed by atoms with Crippen LogP contribution in [0.1, 0.15) is 31.7 Å². The summed E-state index contributed by atoms with van der Waals surface area (Å²) in [4.78, 5) is 0. The molecule has 0 bridgehead atoms. The maximum atomic E-state index is 6.19. The average Bonchev–Trinajstić information content (AvgIpc) is 2.32. The molecule has 1 aliphatic rings. The Hall–Kier alpha value is -0.180. The lowest BCUT2D eigenvalue weighted by atomic mass is 9.87. The lowest BCUT2D eigenvalue weighted by Crippen LogP contribution is -2.37. The van der Waals surface area contributed by atoms with Crippen molar-refractivity contribution in [1.29, 1.82) is 0 Å². The molecule has 1 aromatic rings. The standard InChI is InChI=1S/C14H20ClNS/c1-10-6-7-13(16)14(8-10)17-9-11-4-2-3-5-12(11)15/h2-5,10,13-14H,6-9,16H2,1H3. The van der Waals surface area contributed by atoms with E-state index < -0.39 is 0 Å². The Labute approximate surface area is 113 Å². The SMILES string of the molecule is CC1CCC(N)C(SCc2ccccc2Cl)C1. The van der Waals surface area contributed by atoms with Crippen LogP contribution in [0.5, 0.6) is 0 Å². The summed E-state index contributed by atoms with van der Waals surface area (Å²) in [6.07, 6.45) is 3.70. The molecule has 94 valence electrons. The lowest BCUT2D eigenvalue weighted by Gasteiger charge is -2.32. The van der Waals surface area contributed by atoms with Gasteiger partial charge in [-0.1, -0.05) is 36.7 Å². The van der Waals surface area contributed by atoms with E-state index in [1.54, 1.807) is 0 Å². The molecule has 17 heavy (non-hydrogen) atoms. The van der Waals surface area contributed by atoms with E-state index in [9.17, 15) is 0 Å². The highest BCUT2D eigenvalue weighted by atomic mass is 35.5. The zero-order valence-electron chi connectivity index (χ0n) is 10.2. The van der Waals surface area contributed by atoms with E-state index in [2.05, 4.69) is 13.0 Å². The predicted molar refractivity (Wildman–Crippen MR) is 77.5 cm³/mol. The van der Waals surface area contributed by atoms with E-state index in [1.165, 1.54) is 24.8 Å². The second-order valence-corrected chi connectivity index (χ2v) is 6.66. The minimum Gasteiger partial charge on any atom is -0.327 e. The molecule has 3 heteroatoms. The van der Waals surface area contributed by atoms with Crippen molar-refractivity contribution in [2.45, 2.75) is 43.2 Å². The van der Waals surface area contributed by atoms with Gasteiger partial charge in [-0.2, -0.15) is 11.8 Å². The third-order valence-electron chi connectivity index (χ3n) is 3.52. The summed E-state index contributed by atoms with van der Waals surface area (Å²) in [7, 11) is 0. The molecule has 2 N–H and O–H groups in total. The molecule has 1 aromatic carbocycles. The van der Waals surface area contributed by atoms with Crippen LogP contribution in [-0.4, -0.2) is 11.3 Å². The molecule has 0 amide bonds. The van der Waals surface area contributed by atoms with Crippen molar-refractivity contribution in [2.24, 2.45) is 11.7 Å². The van der Waals surface area contributed by atoms with Gasteiger partial charge in [0.05, 0.1) is 0 Å². The first kappa shape index (κ1) is 13.3. The summed E-state index contributed by atoms with van der Waals surface area (Å²) in [5.74, 6) is 1.80. The van der Waals surface area contributed by atoms with Crippen LogP contribution in [0, 0.1) is 5.92 Å². The third kappa shape index (κ3) is 3.64. The fourth-order valence-electron chi connectivity index (χ4n) is 2.36. The maximum Gasteiger partial charge on any atom is 0.0446 e. The third-order valence-corrected chi connectivity index (χ3v) is 5.33. The van der Waals surface area contributed by atoms with E-state index in [4.69, 9.17) is 17.3 Å². The van der Waals surface area contributed by atoms with Gasteiger partial charge >= 0.3 is 0 Å². The number of thioether (sulfide) groups is 1. The maximum absolute atomic E-state index is 6.19. The number of benzene rings is 1. The van der Waals surface area contributed by atoms with Crippen molar-refractivity contribution in [2.75, 3.05) is 0 Å². The van der Waals surface area contributed by atoms with Crippen molar-refractivity contribution in [3.63, 3.8) is 0 Å². The highest BCUT2D eigenvalue weighted by Crippen LogP contribution is 2.34. The van der Waals surface area contributed by atoms with Gasteiger partial charge in [0.1, 0.15) is 0 Å². The van der Waals surface area contributed by atoms with E-state index in [1.807, 2.05) is 30.0 Å². The Morgan fingerprint density at radius 1 is 1.35 bits per heavy atom. The van der Waals surface area contributed by atoms with Crippen LogP contribution in [0.3, 0.4) is 0 Å². The fraction of sp³-hybridized carbons (Fsp3) is 0.571. The van der Waals surface area contributed by atoms with Gasteiger partial charge in [-0.15, -0.1) is 0 Å². The Bertz CT molecular complexity index is 369. The second-order valence-electron chi connectivity index (χ2n) is 5.02. The molecular formula is C14H20ClNS. The van der Waals surface area contributed by atoms with Gasteiger partial charge in [0.2, 0.25) is 0 Å². The van der Waals surface area contributed by atoms with Gasteiger partial charge in [0, 0.05) is 22.1 Å². The Kier molecular flexibility index (Phi) is 4.78. The molecular weight excluding hydrogens is 250 g/mol. The van der Waals surface area contributed by atoms with Crippen LogP contribution in [0.4, 0.5) is 0 Å². The molecule has 1 saturated carbocycles. The van der Waals surface area contributed by atoms with E-state index in [0.29, 0.717) is 11.3 Å². The molecule has 3 unspecified atom stereocenters. The number of rotatable bonds is 3. The molecule has 0 saturated heterocycles. The first-order chi connectivity index (χ1) is 8.16. The van der Waals surface area contributed by atoms with Gasteiger partial charge < -0.3 is 5.73 Å². The van der Waals surface area contributed by atoms with Crippen molar-refractivity contribution >= 4 is 23.4 Å². The van der Waals surface area contributed by atoms with Crippen molar-refractivity contribution in [3.8, 4) is 0 Å². The van der Waals surface area contributed by atoms with Gasteiger partial charge in [-0.3, -0.25) is 0 Å². The van der Waals surface area contributed by atoms with Crippen molar-refractivity contribution in [3.05, 3.63) is 34.9 Å². The van der Waals surface area contributed by atoms with Gasteiger partial charge in [-0.05, 0) is 36.8 Å². The molecule has 0 aliphatic heterocycles. The molecule has 2 rings (SSSR count). The highest BCUT2D eigenvalue weighted by molar-refractivity contribution is 7.99. The topological polar surface area (TPSA) is 26.0 Å².